The lowest BCUT2D eigenvalue weighted by atomic mass is 9.86. The number of aromatic nitrogens is 2. The molecule has 1 fully saturated rings. The Bertz CT molecular complexity index is 1130. The molecule has 0 radical (unpaired) electrons. The molecule has 0 atom stereocenters. The maximum Gasteiger partial charge on any atom is 0.269 e. The fourth-order valence-corrected chi connectivity index (χ4v) is 4.83. The summed E-state index contributed by atoms with van der Waals surface area (Å²) in [4.78, 5) is 3.94. The van der Waals surface area contributed by atoms with Gasteiger partial charge < -0.3 is 10.1 Å². The molecule has 2 heterocycles. The summed E-state index contributed by atoms with van der Waals surface area (Å²) in [5.74, 6) is 0.461. The minimum atomic E-state index is -3.93. The number of nitrogens with zero attached hydrogens (tertiary/aromatic N) is 2. The van der Waals surface area contributed by atoms with E-state index in [9.17, 15) is 8.42 Å². The Morgan fingerprint density at radius 3 is 2.73 bits per heavy atom. The molecule has 0 saturated heterocycles. The van der Waals surface area contributed by atoms with Crippen molar-refractivity contribution in [3.63, 3.8) is 0 Å². The van der Waals surface area contributed by atoms with Crippen LogP contribution < -0.4 is 10.1 Å². The van der Waals surface area contributed by atoms with Gasteiger partial charge in [0.1, 0.15) is 16.5 Å². The van der Waals surface area contributed by atoms with Crippen molar-refractivity contribution in [3.05, 3.63) is 66.4 Å². The van der Waals surface area contributed by atoms with Crippen LogP contribution in [-0.2, 0) is 16.6 Å². The first-order valence-electron chi connectivity index (χ1n) is 9.93. The third-order valence-corrected chi connectivity index (χ3v) is 7.00. The van der Waals surface area contributed by atoms with Gasteiger partial charge in [-0.3, -0.25) is 4.98 Å². The maximum absolute atomic E-state index is 15.0. The lowest BCUT2D eigenvalue weighted by Gasteiger charge is -2.25. The molecule has 0 amide bonds. The van der Waals surface area contributed by atoms with E-state index in [2.05, 4.69) is 10.3 Å². The van der Waals surface area contributed by atoms with Gasteiger partial charge in [0, 0.05) is 36.8 Å². The predicted octanol–water partition coefficient (Wildman–Crippen LogP) is 3.82. The minimum absolute atomic E-state index is 0.0405. The van der Waals surface area contributed by atoms with E-state index < -0.39 is 15.8 Å². The first-order valence-corrected chi connectivity index (χ1v) is 11.4. The van der Waals surface area contributed by atoms with Gasteiger partial charge >= 0.3 is 0 Å². The monoisotopic (exact) mass is 429 g/mol. The molecule has 1 saturated carbocycles. The van der Waals surface area contributed by atoms with Gasteiger partial charge in [0.25, 0.3) is 10.0 Å². The van der Waals surface area contributed by atoms with Crippen LogP contribution in [-0.4, -0.2) is 31.0 Å². The van der Waals surface area contributed by atoms with Crippen molar-refractivity contribution in [3.8, 4) is 17.0 Å². The Hall–Kier alpha value is -2.71. The number of ether oxygens (including phenoxy) is 1. The Balaban J connectivity index is 1.71. The van der Waals surface area contributed by atoms with Crippen LogP contribution in [0, 0.1) is 11.7 Å². The fourth-order valence-electron chi connectivity index (χ4n) is 3.47. The summed E-state index contributed by atoms with van der Waals surface area (Å²) in [5, 5.41) is 3.00. The van der Waals surface area contributed by atoms with Gasteiger partial charge in [-0.2, -0.15) is 0 Å². The number of hydrogen-bond acceptors (Lipinski definition) is 5. The number of benzene rings is 1. The van der Waals surface area contributed by atoms with Crippen LogP contribution in [0.3, 0.4) is 0 Å². The second-order valence-electron chi connectivity index (χ2n) is 7.50. The largest absolute Gasteiger partial charge is 0.493 e. The maximum atomic E-state index is 15.0. The lowest BCUT2D eigenvalue weighted by Crippen LogP contribution is -2.19. The molecule has 1 aromatic carbocycles. The third-order valence-electron chi connectivity index (χ3n) is 5.34. The fraction of sp³-hybridized carbons (Fsp3) is 0.318. The van der Waals surface area contributed by atoms with Crippen molar-refractivity contribution in [2.75, 3.05) is 13.7 Å². The topological polar surface area (TPSA) is 73.2 Å². The van der Waals surface area contributed by atoms with E-state index in [1.807, 2.05) is 0 Å². The van der Waals surface area contributed by atoms with E-state index in [4.69, 9.17) is 4.74 Å². The van der Waals surface area contributed by atoms with Gasteiger partial charge in [0.15, 0.2) is 0 Å². The molecule has 1 aliphatic rings. The van der Waals surface area contributed by atoms with E-state index in [0.29, 0.717) is 24.8 Å². The molecule has 30 heavy (non-hydrogen) atoms. The summed E-state index contributed by atoms with van der Waals surface area (Å²) in [7, 11) is -2.17. The Morgan fingerprint density at radius 2 is 2.10 bits per heavy atom. The van der Waals surface area contributed by atoms with Crippen molar-refractivity contribution in [1.82, 2.24) is 14.3 Å². The zero-order chi connectivity index (χ0) is 21.1. The highest BCUT2D eigenvalue weighted by molar-refractivity contribution is 7.90. The first kappa shape index (κ1) is 20.6. The Kier molecular flexibility index (Phi) is 5.87. The standard InChI is InChI=1S/C22H24FN3O3S/c1-24-12-17-10-22(26(14-17)30(27,28)19-6-3-9-25-13-19)20-8-7-18(11-21(20)23)29-15-16-4-2-5-16/h3,6-11,13-14,16,24H,2,4-5,12,15H2,1H3. The van der Waals surface area contributed by atoms with Gasteiger partial charge in [-0.25, -0.2) is 16.8 Å². The summed E-state index contributed by atoms with van der Waals surface area (Å²) in [6.45, 7) is 1.03. The van der Waals surface area contributed by atoms with E-state index in [1.54, 1.807) is 31.3 Å². The van der Waals surface area contributed by atoms with Crippen molar-refractivity contribution < 1.29 is 17.5 Å². The summed E-state index contributed by atoms with van der Waals surface area (Å²) in [6, 6.07) is 9.27. The molecular formula is C22H24FN3O3S. The van der Waals surface area contributed by atoms with Crippen LogP contribution in [0.15, 0.2) is 59.9 Å². The third kappa shape index (κ3) is 4.11. The second kappa shape index (κ2) is 8.57. The molecule has 0 aliphatic heterocycles. The molecule has 3 aromatic rings. The first-order chi connectivity index (χ1) is 14.5. The van der Waals surface area contributed by atoms with Crippen molar-refractivity contribution in [2.24, 2.45) is 5.92 Å². The van der Waals surface area contributed by atoms with Crippen molar-refractivity contribution in [2.45, 2.75) is 30.7 Å². The predicted molar refractivity (Wildman–Crippen MR) is 112 cm³/mol. The summed E-state index contributed by atoms with van der Waals surface area (Å²) in [6.07, 6.45) is 7.81. The zero-order valence-electron chi connectivity index (χ0n) is 16.7. The molecular weight excluding hydrogens is 405 g/mol. The van der Waals surface area contributed by atoms with Crippen LogP contribution in [0.4, 0.5) is 4.39 Å². The highest BCUT2D eigenvalue weighted by atomic mass is 32.2. The van der Waals surface area contributed by atoms with Crippen molar-refractivity contribution in [1.29, 1.82) is 0 Å². The number of halogens is 1. The number of nitrogens with one attached hydrogen (secondary N) is 1. The van der Waals surface area contributed by atoms with E-state index in [0.717, 1.165) is 22.4 Å². The molecule has 6 nitrogen and oxygen atoms in total. The highest BCUT2D eigenvalue weighted by Crippen LogP contribution is 2.32. The van der Waals surface area contributed by atoms with Crippen LogP contribution in [0.5, 0.6) is 5.75 Å². The normalized spacial score (nSPS) is 14.5. The average molecular weight is 430 g/mol. The van der Waals surface area contributed by atoms with Crippen LogP contribution in [0.25, 0.3) is 11.3 Å². The van der Waals surface area contributed by atoms with E-state index in [1.165, 1.54) is 37.1 Å². The molecule has 8 heteroatoms. The summed E-state index contributed by atoms with van der Waals surface area (Å²) in [5.41, 5.74) is 1.18. The number of rotatable bonds is 8. The second-order valence-corrected chi connectivity index (χ2v) is 9.32. The van der Waals surface area contributed by atoms with Crippen LogP contribution in [0.2, 0.25) is 0 Å². The van der Waals surface area contributed by atoms with Crippen LogP contribution in [0.1, 0.15) is 24.8 Å². The Labute approximate surface area is 175 Å². The zero-order valence-corrected chi connectivity index (χ0v) is 17.5. The van der Waals surface area contributed by atoms with Gasteiger partial charge in [-0.1, -0.05) is 6.42 Å². The number of pyridine rings is 1. The molecule has 1 aliphatic carbocycles. The molecule has 158 valence electrons. The molecule has 2 aromatic heterocycles. The number of hydrogen-bond donors (Lipinski definition) is 1. The van der Waals surface area contributed by atoms with Gasteiger partial charge in [-0.15, -0.1) is 0 Å². The minimum Gasteiger partial charge on any atom is -0.493 e. The van der Waals surface area contributed by atoms with Crippen LogP contribution >= 0.6 is 0 Å². The molecule has 0 bridgehead atoms. The van der Waals surface area contributed by atoms with E-state index >= 15 is 4.39 Å². The molecule has 1 N–H and O–H groups in total. The lowest BCUT2D eigenvalue weighted by molar-refractivity contribution is 0.180. The molecule has 0 spiro atoms. The molecule has 4 rings (SSSR count). The van der Waals surface area contributed by atoms with E-state index in [-0.39, 0.29) is 16.2 Å². The average Bonchev–Trinajstić information content (AvgIpc) is 3.12. The summed E-state index contributed by atoms with van der Waals surface area (Å²) < 4.78 is 48.2. The summed E-state index contributed by atoms with van der Waals surface area (Å²) >= 11 is 0. The molecule has 0 unspecified atom stereocenters. The van der Waals surface area contributed by atoms with Gasteiger partial charge in [-0.05, 0) is 61.7 Å². The smallest absolute Gasteiger partial charge is 0.269 e. The van der Waals surface area contributed by atoms with Gasteiger partial charge in [0.05, 0.1) is 12.3 Å². The quantitative estimate of drug-likeness (QED) is 0.589. The Morgan fingerprint density at radius 1 is 1.27 bits per heavy atom. The van der Waals surface area contributed by atoms with Crippen molar-refractivity contribution >= 4 is 10.0 Å². The SMILES string of the molecule is CNCc1cc(-c2ccc(OCC3CCC3)cc2F)n(S(=O)(=O)c2cccnc2)c1. The highest BCUT2D eigenvalue weighted by Gasteiger charge is 2.24. The van der Waals surface area contributed by atoms with Gasteiger partial charge in [0.2, 0.25) is 0 Å².